The highest BCUT2D eigenvalue weighted by Crippen LogP contribution is 2.45. The van der Waals surface area contributed by atoms with E-state index in [9.17, 15) is 14.0 Å². The van der Waals surface area contributed by atoms with Gasteiger partial charge < -0.3 is 20.5 Å². The lowest BCUT2D eigenvalue weighted by Crippen LogP contribution is -2.21. The van der Waals surface area contributed by atoms with Crippen LogP contribution < -0.4 is 10.6 Å². The third-order valence-corrected chi connectivity index (χ3v) is 5.74. The Kier molecular flexibility index (Phi) is 4.76. The zero-order valence-corrected chi connectivity index (χ0v) is 16.7. The molecular formula is C21H19FN2O4S. The molecule has 0 saturated heterocycles. The molecule has 1 amide bonds. The van der Waals surface area contributed by atoms with Crippen LogP contribution in [0.2, 0.25) is 0 Å². The lowest BCUT2D eigenvalue weighted by molar-refractivity contribution is -0.136. The van der Waals surface area contributed by atoms with E-state index in [0.717, 1.165) is 16.0 Å². The molecule has 0 radical (unpaired) electrons. The molecule has 0 fully saturated rings. The van der Waals surface area contributed by atoms with Crippen molar-refractivity contribution in [1.82, 2.24) is 5.32 Å². The molecule has 2 aliphatic rings. The van der Waals surface area contributed by atoms with Crippen LogP contribution >= 0.6 is 11.3 Å². The molecular weight excluding hydrogens is 395 g/mol. The molecule has 1 aromatic carbocycles. The molecule has 0 aliphatic carbocycles. The monoisotopic (exact) mass is 414 g/mol. The third kappa shape index (κ3) is 3.68. The van der Waals surface area contributed by atoms with E-state index in [1.807, 2.05) is 31.4 Å². The highest BCUT2D eigenvalue weighted by atomic mass is 32.1. The maximum absolute atomic E-state index is 13.5. The summed E-state index contributed by atoms with van der Waals surface area (Å²) in [7, 11) is 0. The van der Waals surface area contributed by atoms with Gasteiger partial charge in [0.1, 0.15) is 17.2 Å². The van der Waals surface area contributed by atoms with Crippen molar-refractivity contribution in [2.24, 2.45) is 0 Å². The minimum absolute atomic E-state index is 0.101. The molecule has 0 saturated carbocycles. The van der Waals surface area contributed by atoms with E-state index < -0.39 is 17.4 Å². The van der Waals surface area contributed by atoms with Gasteiger partial charge in [0.05, 0.1) is 17.8 Å². The highest BCUT2D eigenvalue weighted by molar-refractivity contribution is 7.10. The number of nitrogens with one attached hydrogen (secondary N) is 2. The summed E-state index contributed by atoms with van der Waals surface area (Å²) in [5, 5.41) is 16.3. The van der Waals surface area contributed by atoms with Gasteiger partial charge in [-0.25, -0.2) is 4.39 Å². The lowest BCUT2D eigenvalue weighted by Gasteiger charge is -2.22. The van der Waals surface area contributed by atoms with Gasteiger partial charge in [-0.3, -0.25) is 9.59 Å². The molecule has 3 heterocycles. The number of carbonyl (C=O) groups excluding carboxylic acids is 1. The second-order valence-corrected chi connectivity index (χ2v) is 8.35. The maximum Gasteiger partial charge on any atom is 0.317 e. The second kappa shape index (κ2) is 7.13. The van der Waals surface area contributed by atoms with E-state index in [-0.39, 0.29) is 12.5 Å². The van der Waals surface area contributed by atoms with E-state index in [0.29, 0.717) is 29.1 Å². The van der Waals surface area contributed by atoms with Gasteiger partial charge in [-0.15, -0.1) is 11.3 Å². The van der Waals surface area contributed by atoms with Gasteiger partial charge in [-0.1, -0.05) is 0 Å². The summed E-state index contributed by atoms with van der Waals surface area (Å²) in [5.74, 6) is -1.19. The average molecular weight is 414 g/mol. The average Bonchev–Trinajstić information content (AvgIpc) is 3.28. The first-order valence-electron chi connectivity index (χ1n) is 9.01. The van der Waals surface area contributed by atoms with Crippen molar-refractivity contribution in [2.45, 2.75) is 26.0 Å². The zero-order valence-electron chi connectivity index (χ0n) is 15.8. The Morgan fingerprint density at radius 2 is 2.14 bits per heavy atom. The van der Waals surface area contributed by atoms with Crippen LogP contribution in [0.3, 0.4) is 0 Å². The molecule has 1 aromatic heterocycles. The van der Waals surface area contributed by atoms with Crippen molar-refractivity contribution in [2.75, 3.05) is 11.9 Å². The predicted octanol–water partition coefficient (Wildman–Crippen LogP) is 3.62. The van der Waals surface area contributed by atoms with Crippen LogP contribution in [0.25, 0.3) is 11.1 Å². The van der Waals surface area contributed by atoms with Crippen molar-refractivity contribution in [3.63, 3.8) is 0 Å². The molecule has 2 aliphatic heterocycles. The van der Waals surface area contributed by atoms with E-state index in [4.69, 9.17) is 9.84 Å². The Bertz CT molecular complexity index is 1080. The summed E-state index contributed by atoms with van der Waals surface area (Å²) < 4.78 is 19.6. The molecule has 3 N–H and O–H groups in total. The van der Waals surface area contributed by atoms with Gasteiger partial charge in [0, 0.05) is 22.6 Å². The SMILES string of the molecule is CC1(C)OC(=C2C(=O)Nc3cc(F)ccc32)C=C1c1csc(CNCC(=O)O)c1. The minimum Gasteiger partial charge on any atom is -0.482 e. The number of benzene rings is 1. The fourth-order valence-electron chi connectivity index (χ4n) is 3.52. The number of fused-ring (bicyclic) bond motifs is 1. The van der Waals surface area contributed by atoms with Crippen molar-refractivity contribution in [3.8, 4) is 0 Å². The first-order valence-corrected chi connectivity index (χ1v) is 9.89. The largest absolute Gasteiger partial charge is 0.482 e. The van der Waals surface area contributed by atoms with Gasteiger partial charge in [-0.2, -0.15) is 0 Å². The molecule has 4 rings (SSSR count). The number of rotatable bonds is 5. The Balaban J connectivity index is 1.67. The van der Waals surface area contributed by atoms with Crippen LogP contribution in [0.15, 0.2) is 41.5 Å². The summed E-state index contributed by atoms with van der Waals surface area (Å²) >= 11 is 1.52. The molecule has 6 nitrogen and oxygen atoms in total. The van der Waals surface area contributed by atoms with Gasteiger partial charge >= 0.3 is 5.97 Å². The van der Waals surface area contributed by atoms with Crippen LogP contribution in [-0.2, 0) is 20.9 Å². The van der Waals surface area contributed by atoms with Gasteiger partial charge in [0.2, 0.25) is 0 Å². The van der Waals surface area contributed by atoms with E-state index in [1.165, 1.54) is 23.5 Å². The zero-order chi connectivity index (χ0) is 20.8. The number of aliphatic carboxylic acids is 1. The quantitative estimate of drug-likeness (QED) is 0.651. The number of carbonyl (C=O) groups is 2. The van der Waals surface area contributed by atoms with Crippen molar-refractivity contribution >= 4 is 40.0 Å². The first-order chi connectivity index (χ1) is 13.7. The number of thiophene rings is 1. The second-order valence-electron chi connectivity index (χ2n) is 7.35. The van der Waals surface area contributed by atoms with Crippen molar-refractivity contribution < 1.29 is 23.8 Å². The number of ether oxygens (including phenoxy) is 1. The first kappa shape index (κ1) is 19.4. The predicted molar refractivity (Wildman–Crippen MR) is 109 cm³/mol. The van der Waals surface area contributed by atoms with E-state index in [2.05, 4.69) is 10.6 Å². The molecule has 2 aromatic rings. The fourth-order valence-corrected chi connectivity index (χ4v) is 4.37. The number of hydrogen-bond acceptors (Lipinski definition) is 5. The summed E-state index contributed by atoms with van der Waals surface area (Å²) in [4.78, 5) is 24.1. The van der Waals surface area contributed by atoms with E-state index >= 15 is 0 Å². The summed E-state index contributed by atoms with van der Waals surface area (Å²) in [5.41, 5.74) is 2.66. The number of hydrogen-bond donors (Lipinski definition) is 3. The van der Waals surface area contributed by atoms with Crippen LogP contribution in [-0.4, -0.2) is 29.1 Å². The van der Waals surface area contributed by atoms with Crippen molar-refractivity contribution in [1.29, 1.82) is 0 Å². The van der Waals surface area contributed by atoms with Crippen LogP contribution in [0, 0.1) is 5.82 Å². The maximum atomic E-state index is 13.5. The normalized spacial score (nSPS) is 19.6. The molecule has 0 spiro atoms. The Hall–Kier alpha value is -2.97. The minimum atomic E-state index is -0.902. The summed E-state index contributed by atoms with van der Waals surface area (Å²) in [6, 6.07) is 6.17. The Morgan fingerprint density at radius 3 is 2.90 bits per heavy atom. The number of anilines is 1. The topological polar surface area (TPSA) is 87.7 Å². The Labute approximate surface area is 170 Å². The highest BCUT2D eigenvalue weighted by Gasteiger charge is 2.38. The number of allylic oxidation sites excluding steroid dienone is 1. The molecule has 8 heteroatoms. The number of amides is 1. The smallest absolute Gasteiger partial charge is 0.317 e. The number of carboxylic acids is 1. The molecule has 150 valence electrons. The Morgan fingerprint density at radius 1 is 1.34 bits per heavy atom. The van der Waals surface area contributed by atoms with Crippen LogP contribution in [0.4, 0.5) is 10.1 Å². The lowest BCUT2D eigenvalue weighted by atomic mass is 9.94. The molecule has 0 atom stereocenters. The number of halogens is 1. The van der Waals surface area contributed by atoms with Crippen LogP contribution in [0.5, 0.6) is 0 Å². The molecule has 0 bridgehead atoms. The van der Waals surface area contributed by atoms with E-state index in [1.54, 1.807) is 6.07 Å². The van der Waals surface area contributed by atoms with Crippen LogP contribution in [0.1, 0.15) is 29.9 Å². The van der Waals surface area contributed by atoms with Gasteiger partial charge in [-0.05, 0) is 55.1 Å². The standard InChI is InChI=1S/C21H19FN2O4S/c1-21(2)15(11-5-13(29-10-11)8-23-9-18(25)26)7-17(28-21)19-14-4-3-12(22)6-16(14)24-20(19)27/h3-7,10,23H,8-9H2,1-2H3,(H,24,27)(H,25,26). The van der Waals surface area contributed by atoms with Gasteiger partial charge in [0.25, 0.3) is 5.91 Å². The van der Waals surface area contributed by atoms with Crippen molar-refractivity contribution in [3.05, 3.63) is 63.3 Å². The summed E-state index contributed by atoms with van der Waals surface area (Å²) in [6.07, 6.45) is 1.85. The molecule has 29 heavy (non-hydrogen) atoms. The molecule has 0 unspecified atom stereocenters. The number of carboxylic acid groups (broad SMARTS) is 1. The third-order valence-electron chi connectivity index (χ3n) is 4.80. The summed E-state index contributed by atoms with van der Waals surface area (Å²) in [6.45, 7) is 4.20. The fraction of sp³-hybridized carbons (Fsp3) is 0.238. The van der Waals surface area contributed by atoms with Gasteiger partial charge in [0.15, 0.2) is 0 Å².